The summed E-state index contributed by atoms with van der Waals surface area (Å²) < 4.78 is 0. The second kappa shape index (κ2) is 5.83. The molecule has 0 aromatic heterocycles. The first-order valence-electron chi connectivity index (χ1n) is 6.92. The van der Waals surface area contributed by atoms with E-state index in [0.29, 0.717) is 24.5 Å². The number of likely N-dealkylation sites (N-methyl/N-ethyl adjacent to an activating group) is 1. The third kappa shape index (κ3) is 3.42. The fraction of sp³-hybridized carbons (Fsp3) is 0.923. The third-order valence-electron chi connectivity index (χ3n) is 3.89. The van der Waals surface area contributed by atoms with E-state index in [0.717, 1.165) is 26.1 Å². The number of nitrogens with one attached hydrogen (secondary N) is 1. The monoisotopic (exact) mass is 239 g/mol. The molecule has 1 N–H and O–H groups in total. The molecular weight excluding hydrogens is 214 g/mol. The van der Waals surface area contributed by atoms with Crippen LogP contribution in [0, 0.1) is 0 Å². The lowest BCUT2D eigenvalue weighted by molar-refractivity contribution is -0.132. The summed E-state index contributed by atoms with van der Waals surface area (Å²) in [7, 11) is 1.96. The standard InChI is InChI=1S/C13H25N3O/c1-3-8-16(12-6-7-14-9-12)10-13(17)15(2)11-4-5-11/h11-12,14H,3-10H2,1-2H3. The van der Waals surface area contributed by atoms with Crippen LogP contribution >= 0.6 is 0 Å². The zero-order valence-corrected chi connectivity index (χ0v) is 11.1. The van der Waals surface area contributed by atoms with Gasteiger partial charge in [0.2, 0.25) is 5.91 Å². The van der Waals surface area contributed by atoms with Crippen LogP contribution in [0.5, 0.6) is 0 Å². The molecule has 1 unspecified atom stereocenters. The molecule has 1 aliphatic heterocycles. The van der Waals surface area contributed by atoms with Crippen molar-refractivity contribution in [3.8, 4) is 0 Å². The molecule has 1 aliphatic carbocycles. The molecule has 17 heavy (non-hydrogen) atoms. The summed E-state index contributed by atoms with van der Waals surface area (Å²) in [4.78, 5) is 16.4. The molecule has 1 heterocycles. The Labute approximate surface area is 104 Å². The number of amides is 1. The molecule has 2 rings (SSSR count). The van der Waals surface area contributed by atoms with Crippen molar-refractivity contribution in [3.05, 3.63) is 0 Å². The predicted molar refractivity (Wildman–Crippen MR) is 68.9 cm³/mol. The largest absolute Gasteiger partial charge is 0.342 e. The van der Waals surface area contributed by atoms with E-state index >= 15 is 0 Å². The lowest BCUT2D eigenvalue weighted by Gasteiger charge is -2.29. The molecule has 2 fully saturated rings. The molecule has 0 aromatic rings. The van der Waals surface area contributed by atoms with Crippen molar-refractivity contribution in [1.29, 1.82) is 0 Å². The van der Waals surface area contributed by atoms with Crippen molar-refractivity contribution in [3.63, 3.8) is 0 Å². The minimum atomic E-state index is 0.299. The minimum absolute atomic E-state index is 0.299. The number of rotatable bonds is 6. The zero-order valence-electron chi connectivity index (χ0n) is 11.1. The van der Waals surface area contributed by atoms with Crippen molar-refractivity contribution in [2.24, 2.45) is 0 Å². The van der Waals surface area contributed by atoms with Crippen LogP contribution < -0.4 is 5.32 Å². The van der Waals surface area contributed by atoms with E-state index in [9.17, 15) is 4.79 Å². The summed E-state index contributed by atoms with van der Waals surface area (Å²) in [5, 5.41) is 3.38. The van der Waals surface area contributed by atoms with Crippen molar-refractivity contribution in [2.45, 2.75) is 44.7 Å². The van der Waals surface area contributed by atoms with Crippen LogP contribution in [0.1, 0.15) is 32.6 Å². The highest BCUT2D eigenvalue weighted by Crippen LogP contribution is 2.25. The van der Waals surface area contributed by atoms with Crippen LogP contribution in [0.25, 0.3) is 0 Å². The summed E-state index contributed by atoms with van der Waals surface area (Å²) in [5.74, 6) is 0.299. The summed E-state index contributed by atoms with van der Waals surface area (Å²) in [6.07, 6.45) is 4.69. The topological polar surface area (TPSA) is 35.6 Å². The van der Waals surface area contributed by atoms with Crippen LogP contribution in [-0.2, 0) is 4.79 Å². The maximum atomic E-state index is 12.1. The Morgan fingerprint density at radius 2 is 2.06 bits per heavy atom. The Morgan fingerprint density at radius 3 is 2.59 bits per heavy atom. The van der Waals surface area contributed by atoms with Gasteiger partial charge in [0.05, 0.1) is 6.54 Å². The normalized spacial score (nSPS) is 24.3. The highest BCUT2D eigenvalue weighted by atomic mass is 16.2. The van der Waals surface area contributed by atoms with E-state index in [1.807, 2.05) is 11.9 Å². The Bertz CT molecular complexity index is 259. The average molecular weight is 239 g/mol. The van der Waals surface area contributed by atoms with Crippen molar-refractivity contribution >= 4 is 5.91 Å². The second-order valence-electron chi connectivity index (χ2n) is 5.35. The number of carbonyl (C=O) groups is 1. The highest BCUT2D eigenvalue weighted by Gasteiger charge is 2.31. The second-order valence-corrected chi connectivity index (χ2v) is 5.35. The first-order chi connectivity index (χ1) is 8.22. The van der Waals surface area contributed by atoms with Crippen LogP contribution in [0.2, 0.25) is 0 Å². The first kappa shape index (κ1) is 12.8. The van der Waals surface area contributed by atoms with Gasteiger partial charge in [-0.2, -0.15) is 0 Å². The quantitative estimate of drug-likeness (QED) is 0.740. The van der Waals surface area contributed by atoms with Crippen LogP contribution in [0.15, 0.2) is 0 Å². The Kier molecular flexibility index (Phi) is 4.40. The van der Waals surface area contributed by atoms with E-state index < -0.39 is 0 Å². The fourth-order valence-electron chi connectivity index (χ4n) is 2.58. The smallest absolute Gasteiger partial charge is 0.236 e. The molecule has 0 bridgehead atoms. The van der Waals surface area contributed by atoms with Crippen molar-refractivity contribution < 1.29 is 4.79 Å². The predicted octanol–water partition coefficient (Wildman–Crippen LogP) is 0.681. The van der Waals surface area contributed by atoms with Crippen LogP contribution in [0.4, 0.5) is 0 Å². The first-order valence-corrected chi connectivity index (χ1v) is 6.92. The summed E-state index contributed by atoms with van der Waals surface area (Å²) in [5.41, 5.74) is 0. The lowest BCUT2D eigenvalue weighted by atomic mass is 10.2. The van der Waals surface area contributed by atoms with Gasteiger partial charge >= 0.3 is 0 Å². The summed E-state index contributed by atoms with van der Waals surface area (Å²) in [6, 6.07) is 1.10. The van der Waals surface area contributed by atoms with E-state index in [1.54, 1.807) is 0 Å². The maximum absolute atomic E-state index is 12.1. The maximum Gasteiger partial charge on any atom is 0.236 e. The fourth-order valence-corrected chi connectivity index (χ4v) is 2.58. The summed E-state index contributed by atoms with van der Waals surface area (Å²) >= 11 is 0. The lowest BCUT2D eigenvalue weighted by Crippen LogP contribution is -2.45. The van der Waals surface area contributed by atoms with E-state index in [1.165, 1.54) is 19.3 Å². The minimum Gasteiger partial charge on any atom is -0.342 e. The number of hydrogen-bond donors (Lipinski definition) is 1. The number of hydrogen-bond acceptors (Lipinski definition) is 3. The molecule has 98 valence electrons. The average Bonchev–Trinajstić information content (AvgIpc) is 3.03. The molecule has 1 saturated heterocycles. The third-order valence-corrected chi connectivity index (χ3v) is 3.89. The van der Waals surface area contributed by atoms with E-state index in [4.69, 9.17) is 0 Å². The van der Waals surface area contributed by atoms with Gasteiger partial charge in [0, 0.05) is 25.7 Å². The molecule has 1 atom stereocenters. The van der Waals surface area contributed by atoms with Crippen LogP contribution in [0.3, 0.4) is 0 Å². The van der Waals surface area contributed by atoms with Gasteiger partial charge in [0.15, 0.2) is 0 Å². The van der Waals surface area contributed by atoms with Gasteiger partial charge in [-0.3, -0.25) is 9.69 Å². The van der Waals surface area contributed by atoms with Gasteiger partial charge in [-0.1, -0.05) is 6.92 Å². The molecule has 0 radical (unpaired) electrons. The molecule has 1 amide bonds. The van der Waals surface area contributed by atoms with Crippen LogP contribution in [-0.4, -0.2) is 61.0 Å². The van der Waals surface area contributed by atoms with Gasteiger partial charge < -0.3 is 10.2 Å². The summed E-state index contributed by atoms with van der Waals surface area (Å²) in [6.45, 7) is 5.96. The molecule has 4 nitrogen and oxygen atoms in total. The Balaban J connectivity index is 1.84. The molecule has 0 spiro atoms. The molecular formula is C13H25N3O. The SMILES string of the molecule is CCCN(CC(=O)N(C)C1CC1)C1CCNC1. The van der Waals surface area contributed by atoms with Crippen molar-refractivity contribution in [2.75, 3.05) is 33.2 Å². The molecule has 2 aliphatic rings. The Morgan fingerprint density at radius 1 is 1.29 bits per heavy atom. The number of nitrogens with zero attached hydrogens (tertiary/aromatic N) is 2. The van der Waals surface area contributed by atoms with Gasteiger partial charge in [-0.15, -0.1) is 0 Å². The van der Waals surface area contributed by atoms with Gasteiger partial charge in [-0.05, 0) is 38.8 Å². The van der Waals surface area contributed by atoms with E-state index in [-0.39, 0.29) is 0 Å². The highest BCUT2D eigenvalue weighted by molar-refractivity contribution is 5.78. The molecule has 4 heteroatoms. The molecule has 0 aromatic carbocycles. The van der Waals surface area contributed by atoms with Gasteiger partial charge in [0.25, 0.3) is 0 Å². The van der Waals surface area contributed by atoms with E-state index in [2.05, 4.69) is 17.1 Å². The number of carbonyl (C=O) groups excluding carboxylic acids is 1. The van der Waals surface area contributed by atoms with Gasteiger partial charge in [0.1, 0.15) is 0 Å². The van der Waals surface area contributed by atoms with Crippen molar-refractivity contribution in [1.82, 2.24) is 15.1 Å². The zero-order chi connectivity index (χ0) is 12.3. The molecule has 1 saturated carbocycles. The Hall–Kier alpha value is -0.610. The van der Waals surface area contributed by atoms with Gasteiger partial charge in [-0.25, -0.2) is 0 Å².